The average Bonchev–Trinajstić information content (AvgIpc) is 4.12. The lowest BCUT2D eigenvalue weighted by atomic mass is 10.00. The van der Waals surface area contributed by atoms with Crippen LogP contribution in [0.2, 0.25) is 0 Å². The minimum absolute atomic E-state index is 0.0506. The molecule has 318 valence electrons. The fourth-order valence-corrected chi connectivity index (χ4v) is 8.73. The predicted molar refractivity (Wildman–Crippen MR) is 229 cm³/mol. The number of hydrogen-bond acceptors (Lipinski definition) is 11. The summed E-state index contributed by atoms with van der Waals surface area (Å²) in [6, 6.07) is 18.5. The number of aromatic amines is 1. The molecule has 0 aliphatic carbocycles. The highest BCUT2D eigenvalue weighted by Crippen LogP contribution is 2.34. The van der Waals surface area contributed by atoms with Gasteiger partial charge in [-0.2, -0.15) is 4.79 Å². The largest absolute Gasteiger partial charge is 0.512 e. The van der Waals surface area contributed by atoms with Crippen LogP contribution in [0.25, 0.3) is 33.4 Å². The van der Waals surface area contributed by atoms with Gasteiger partial charge in [0.25, 0.3) is 0 Å². The normalized spacial score (nSPS) is 20.4. The number of amidine groups is 1. The minimum Gasteiger partial charge on any atom is -0.453 e. The van der Waals surface area contributed by atoms with Gasteiger partial charge in [-0.05, 0) is 67.9 Å². The lowest BCUT2D eigenvalue weighted by molar-refractivity contribution is -0.575. The Labute approximate surface area is 351 Å². The average molecular weight is 821 g/mol. The van der Waals surface area contributed by atoms with Crippen LogP contribution >= 0.6 is 0 Å². The van der Waals surface area contributed by atoms with Crippen LogP contribution in [-0.4, -0.2) is 114 Å². The second-order valence-corrected chi connectivity index (χ2v) is 16.2. The second kappa shape index (κ2) is 18.6. The third kappa shape index (κ3) is 9.02. The molecule has 0 bridgehead atoms. The Morgan fingerprint density at radius 1 is 0.933 bits per heavy atom. The molecule has 3 aliphatic heterocycles. The van der Waals surface area contributed by atoms with Gasteiger partial charge in [-0.1, -0.05) is 56.8 Å². The number of methoxy groups -OCH3 is 3. The fourth-order valence-electron chi connectivity index (χ4n) is 8.73. The van der Waals surface area contributed by atoms with Gasteiger partial charge in [0.1, 0.15) is 17.6 Å². The summed E-state index contributed by atoms with van der Waals surface area (Å²) < 4.78 is 15.2. The van der Waals surface area contributed by atoms with Crippen LogP contribution in [0.15, 0.2) is 78.1 Å². The van der Waals surface area contributed by atoms with E-state index in [4.69, 9.17) is 29.2 Å². The molecule has 6 atom stereocenters. The van der Waals surface area contributed by atoms with Gasteiger partial charge >= 0.3 is 12.2 Å². The summed E-state index contributed by atoms with van der Waals surface area (Å²) in [5, 5.41) is 9.13. The molecule has 2 aromatic carbocycles. The number of primary amides is 1. The number of pyridine rings is 1. The van der Waals surface area contributed by atoms with E-state index >= 15 is 0 Å². The highest BCUT2D eigenvalue weighted by Gasteiger charge is 2.40. The number of carbonyl (C=O) groups excluding carboxylic acids is 3. The van der Waals surface area contributed by atoms with E-state index < -0.39 is 18.1 Å². The monoisotopic (exact) mass is 820 g/mol. The number of nitrogens with one attached hydrogen (secondary N) is 3. The quantitative estimate of drug-likeness (QED) is 0.130. The molecule has 0 saturated carbocycles. The summed E-state index contributed by atoms with van der Waals surface area (Å²) in [4.78, 5) is 60.0. The van der Waals surface area contributed by atoms with Gasteiger partial charge in [-0.3, -0.25) is 9.79 Å². The van der Waals surface area contributed by atoms with Crippen LogP contribution in [0.1, 0.15) is 69.9 Å². The maximum absolute atomic E-state index is 13.8. The number of aliphatic imine (C=N–C) groups is 1. The summed E-state index contributed by atoms with van der Waals surface area (Å²) in [6.07, 6.45) is 4.16. The summed E-state index contributed by atoms with van der Waals surface area (Å²) in [5.41, 5.74) is 6.66. The number of benzene rings is 2. The highest BCUT2D eigenvalue weighted by molar-refractivity contribution is 5.90. The van der Waals surface area contributed by atoms with Gasteiger partial charge in [0.2, 0.25) is 5.91 Å². The van der Waals surface area contributed by atoms with Gasteiger partial charge in [0.05, 0.1) is 80.7 Å². The van der Waals surface area contributed by atoms with Gasteiger partial charge in [0.15, 0.2) is 0 Å². The number of rotatable bonds is 14. The zero-order valence-corrected chi connectivity index (χ0v) is 35.4. The van der Waals surface area contributed by atoms with Gasteiger partial charge in [0, 0.05) is 36.8 Å². The summed E-state index contributed by atoms with van der Waals surface area (Å²) in [7, 11) is 4.27. The first-order valence-electron chi connectivity index (χ1n) is 20.9. The molecular formula is C45H58N9O6+. The molecule has 2 fully saturated rings. The summed E-state index contributed by atoms with van der Waals surface area (Å²) in [6.45, 7) is 12.7. The van der Waals surface area contributed by atoms with Crippen molar-refractivity contribution in [3.63, 3.8) is 0 Å². The van der Waals surface area contributed by atoms with Crippen molar-refractivity contribution < 1.29 is 33.9 Å². The molecule has 3 amide bonds. The van der Waals surface area contributed by atoms with Gasteiger partial charge in [-0.15, -0.1) is 0 Å². The number of H-pyrrole nitrogens is 1. The molecule has 2 saturated heterocycles. The number of quaternary nitrogens is 1. The van der Waals surface area contributed by atoms with Crippen molar-refractivity contribution in [3.05, 3.63) is 84.5 Å². The number of ether oxygens (including phenoxy) is 3. The number of aromatic nitrogens is 3. The van der Waals surface area contributed by atoms with E-state index in [1.165, 1.54) is 19.5 Å². The maximum Gasteiger partial charge on any atom is 0.512 e. The van der Waals surface area contributed by atoms with Crippen molar-refractivity contribution in [2.24, 2.45) is 16.8 Å². The zero-order valence-electron chi connectivity index (χ0n) is 35.4. The molecule has 3 aliphatic rings. The first kappa shape index (κ1) is 42.3. The van der Waals surface area contributed by atoms with E-state index in [9.17, 15) is 14.4 Å². The zero-order chi connectivity index (χ0) is 42.5. The summed E-state index contributed by atoms with van der Waals surface area (Å²) in [5.74, 6) is 1.28. The topological polar surface area (TPSA) is 180 Å². The van der Waals surface area contributed by atoms with Crippen molar-refractivity contribution in [1.29, 1.82) is 0 Å². The fraction of sp³-hybridized carbons (Fsp3) is 0.467. The Hall–Kier alpha value is -5.80. The Morgan fingerprint density at radius 2 is 1.67 bits per heavy atom. The molecule has 5 N–H and O–H groups in total. The molecule has 7 rings (SSSR count). The van der Waals surface area contributed by atoms with Crippen molar-refractivity contribution >= 4 is 34.8 Å². The Bertz CT molecular complexity index is 2220. The highest BCUT2D eigenvalue weighted by atomic mass is 16.5. The second-order valence-electron chi connectivity index (χ2n) is 16.2. The first-order chi connectivity index (χ1) is 29.0. The molecule has 4 aromatic rings. The van der Waals surface area contributed by atoms with E-state index in [-0.39, 0.29) is 48.6 Å². The maximum atomic E-state index is 13.8. The van der Waals surface area contributed by atoms with E-state index in [1.807, 2.05) is 18.0 Å². The van der Waals surface area contributed by atoms with Crippen LogP contribution in [0, 0.1) is 11.8 Å². The molecule has 0 spiro atoms. The third-order valence-corrected chi connectivity index (χ3v) is 12.2. The third-order valence-electron chi connectivity index (χ3n) is 12.2. The van der Waals surface area contributed by atoms with Crippen LogP contribution in [0.4, 0.5) is 9.59 Å². The Morgan fingerprint density at radius 3 is 2.38 bits per heavy atom. The molecule has 5 heterocycles. The van der Waals surface area contributed by atoms with Crippen LogP contribution < -0.4 is 16.0 Å². The van der Waals surface area contributed by atoms with E-state index in [0.717, 1.165) is 88.6 Å². The molecule has 2 aromatic heterocycles. The SMILES string of the molecule is C=C(C(NC(=O)OC)C(C)C)N1CCCC1C1=NCC(c2ccc3nc(-c4ccc(-c5cnc(C6CCCN6C(=O)C(C[NH2+]C(=O)OC)C(C)OC)[nH]5)cc4)ccc3c2)N1. The standard InChI is InChI=1S/C45H57N9O6/c1-26(2)40(52-45(57)60-7)27(3)53-20-8-10-38(53)41-47-25-37(51-41)32-17-19-35-31(22-32)16-18-34(49-35)29-12-14-30(15-13-29)36-24-46-42(50-36)39-11-9-21-54(39)43(55)33(28(4)58-5)23-48-44(56)59-6/h12-19,22,24,26,28,33,37-40H,3,8-11,20-21,23,25H2,1-2,4-7H3,(H,46,50)(H,47,51)(H,48,56)(H,52,57)/p+1. The number of hydrogen-bond donors (Lipinski definition) is 4. The van der Waals surface area contributed by atoms with Gasteiger partial charge < -0.3 is 39.6 Å². The van der Waals surface area contributed by atoms with E-state index in [2.05, 4.69) is 95.5 Å². The number of imidazole rings is 1. The summed E-state index contributed by atoms with van der Waals surface area (Å²) >= 11 is 0. The van der Waals surface area contributed by atoms with Crippen LogP contribution in [0.3, 0.4) is 0 Å². The lowest BCUT2D eigenvalue weighted by Gasteiger charge is -2.35. The molecule has 6 unspecified atom stereocenters. The van der Waals surface area contributed by atoms with Crippen molar-refractivity contribution in [1.82, 2.24) is 35.4 Å². The molecule has 15 nitrogen and oxygen atoms in total. The van der Waals surface area contributed by atoms with E-state index in [0.29, 0.717) is 13.1 Å². The Kier molecular flexibility index (Phi) is 13.1. The predicted octanol–water partition coefficient (Wildman–Crippen LogP) is 5.34. The van der Waals surface area contributed by atoms with Gasteiger partial charge in [-0.25, -0.2) is 20.1 Å². The number of carbonyl (C=O) groups is 3. The lowest BCUT2D eigenvalue weighted by Crippen LogP contribution is -2.90. The number of likely N-dealkylation sites (tertiary alicyclic amines) is 2. The first-order valence-corrected chi connectivity index (χ1v) is 20.9. The van der Waals surface area contributed by atoms with Crippen LogP contribution in [0.5, 0.6) is 0 Å². The molecule has 0 radical (unpaired) electrons. The molecular weight excluding hydrogens is 763 g/mol. The van der Waals surface area contributed by atoms with Crippen molar-refractivity contribution in [3.8, 4) is 22.5 Å². The number of amides is 3. The number of nitrogens with zero attached hydrogens (tertiary/aromatic N) is 5. The number of fused-ring (bicyclic) bond motifs is 1. The molecule has 15 heteroatoms. The van der Waals surface area contributed by atoms with E-state index in [1.54, 1.807) is 7.11 Å². The van der Waals surface area contributed by atoms with Crippen molar-refractivity contribution in [2.75, 3.05) is 47.5 Å². The van der Waals surface area contributed by atoms with Crippen LogP contribution in [-0.2, 0) is 19.0 Å². The number of nitrogens with two attached hydrogens (primary N) is 1. The Balaban J connectivity index is 0.988. The van der Waals surface area contributed by atoms with Crippen molar-refractivity contribution in [2.45, 2.75) is 76.7 Å². The smallest absolute Gasteiger partial charge is 0.453 e. The number of alkyl carbamates (subject to hydrolysis) is 1. The molecule has 60 heavy (non-hydrogen) atoms. The minimum atomic E-state index is -0.515.